The second-order valence-electron chi connectivity index (χ2n) is 3.80. The molecule has 0 spiro atoms. The minimum Gasteiger partial charge on any atom is -0.477 e. The molecule has 6 nitrogen and oxygen atoms in total. The highest BCUT2D eigenvalue weighted by Gasteiger charge is 2.10. The molecule has 0 bridgehead atoms. The van der Waals surface area contributed by atoms with E-state index in [-0.39, 0.29) is 11.4 Å². The van der Waals surface area contributed by atoms with Crippen molar-refractivity contribution < 1.29 is 9.90 Å². The largest absolute Gasteiger partial charge is 0.477 e. The molecule has 2 aromatic rings. The highest BCUT2D eigenvalue weighted by atomic mass is 16.4. The molecular formula is C12H11N3O3. The van der Waals surface area contributed by atoms with Gasteiger partial charge in [0.1, 0.15) is 5.56 Å². The highest BCUT2D eigenvalue weighted by molar-refractivity contribution is 5.88. The number of nitrogens with one attached hydrogen (secondary N) is 2. The van der Waals surface area contributed by atoms with Gasteiger partial charge in [-0.1, -0.05) is 12.1 Å². The van der Waals surface area contributed by atoms with Crippen LogP contribution in [-0.2, 0) is 0 Å². The van der Waals surface area contributed by atoms with Crippen molar-refractivity contribution in [2.45, 2.75) is 6.92 Å². The van der Waals surface area contributed by atoms with Gasteiger partial charge in [0.2, 0.25) is 0 Å². The fourth-order valence-electron chi connectivity index (χ4n) is 1.50. The Morgan fingerprint density at radius 3 is 2.83 bits per heavy atom. The van der Waals surface area contributed by atoms with Gasteiger partial charge in [0.15, 0.2) is 5.82 Å². The van der Waals surface area contributed by atoms with Gasteiger partial charge < -0.3 is 10.4 Å². The van der Waals surface area contributed by atoms with Gasteiger partial charge in [-0.3, -0.25) is 4.79 Å². The van der Waals surface area contributed by atoms with Crippen molar-refractivity contribution in [1.82, 2.24) is 10.2 Å². The normalized spacial score (nSPS) is 10.1. The van der Waals surface area contributed by atoms with Crippen LogP contribution in [-0.4, -0.2) is 21.3 Å². The lowest BCUT2D eigenvalue weighted by Crippen LogP contribution is -2.19. The Bertz CT molecular complexity index is 649. The van der Waals surface area contributed by atoms with E-state index in [4.69, 9.17) is 5.11 Å². The fourth-order valence-corrected chi connectivity index (χ4v) is 1.50. The number of hydrogen-bond donors (Lipinski definition) is 3. The number of carboxylic acid groups (broad SMARTS) is 1. The summed E-state index contributed by atoms with van der Waals surface area (Å²) in [5.41, 5.74) is 0.756. The molecule has 1 aromatic heterocycles. The zero-order valence-electron chi connectivity index (χ0n) is 9.60. The quantitative estimate of drug-likeness (QED) is 0.762. The van der Waals surface area contributed by atoms with Crippen LogP contribution in [0.1, 0.15) is 15.9 Å². The maximum absolute atomic E-state index is 11.2. The van der Waals surface area contributed by atoms with Crippen LogP contribution in [0.15, 0.2) is 35.1 Å². The molecule has 0 radical (unpaired) electrons. The lowest BCUT2D eigenvalue weighted by molar-refractivity contribution is 0.0694. The number of aromatic nitrogens is 2. The van der Waals surface area contributed by atoms with Gasteiger partial charge in [0, 0.05) is 11.8 Å². The number of benzene rings is 1. The molecule has 92 valence electrons. The maximum Gasteiger partial charge on any atom is 0.341 e. The number of aromatic amines is 1. The van der Waals surface area contributed by atoms with Crippen LogP contribution in [0.3, 0.4) is 0 Å². The van der Waals surface area contributed by atoms with Gasteiger partial charge in [-0.15, -0.1) is 0 Å². The molecule has 1 heterocycles. The molecule has 6 heteroatoms. The Balaban J connectivity index is 2.33. The number of nitrogens with zero attached hydrogens (tertiary/aromatic N) is 1. The summed E-state index contributed by atoms with van der Waals surface area (Å²) in [5, 5.41) is 17.6. The summed E-state index contributed by atoms with van der Waals surface area (Å²) in [6, 6.07) is 8.70. The second kappa shape index (κ2) is 4.70. The van der Waals surface area contributed by atoms with Crippen LogP contribution < -0.4 is 10.9 Å². The molecule has 0 fully saturated rings. The van der Waals surface area contributed by atoms with Crippen LogP contribution in [0.2, 0.25) is 0 Å². The molecule has 0 unspecified atom stereocenters. The summed E-state index contributed by atoms with van der Waals surface area (Å²) >= 11 is 0. The zero-order chi connectivity index (χ0) is 13.1. The lowest BCUT2D eigenvalue weighted by atomic mass is 10.2. The van der Waals surface area contributed by atoms with Gasteiger partial charge in [-0.25, -0.2) is 9.89 Å². The first-order valence-corrected chi connectivity index (χ1v) is 5.23. The molecule has 18 heavy (non-hydrogen) atoms. The van der Waals surface area contributed by atoms with Crippen molar-refractivity contribution in [2.75, 3.05) is 5.32 Å². The van der Waals surface area contributed by atoms with Gasteiger partial charge >= 0.3 is 5.97 Å². The summed E-state index contributed by atoms with van der Waals surface area (Å²) in [7, 11) is 0. The molecule has 2 rings (SSSR count). The van der Waals surface area contributed by atoms with E-state index in [1.54, 1.807) is 0 Å². The van der Waals surface area contributed by atoms with E-state index in [0.29, 0.717) is 0 Å². The van der Waals surface area contributed by atoms with Gasteiger partial charge in [0.25, 0.3) is 5.56 Å². The summed E-state index contributed by atoms with van der Waals surface area (Å²) in [4.78, 5) is 22.0. The van der Waals surface area contributed by atoms with E-state index in [1.165, 1.54) is 6.07 Å². The Morgan fingerprint density at radius 2 is 2.17 bits per heavy atom. The average Bonchev–Trinajstić information content (AvgIpc) is 2.31. The van der Waals surface area contributed by atoms with E-state index < -0.39 is 11.5 Å². The maximum atomic E-state index is 11.2. The Labute approximate surface area is 102 Å². The number of anilines is 2. The van der Waals surface area contributed by atoms with Crippen molar-refractivity contribution in [3.8, 4) is 0 Å². The third-order valence-corrected chi connectivity index (χ3v) is 2.32. The first kappa shape index (κ1) is 11.8. The first-order valence-electron chi connectivity index (χ1n) is 5.23. The fraction of sp³-hybridized carbons (Fsp3) is 0.0833. The van der Waals surface area contributed by atoms with Crippen molar-refractivity contribution in [3.05, 3.63) is 51.8 Å². The molecule has 0 saturated carbocycles. The van der Waals surface area contributed by atoms with Crippen molar-refractivity contribution >= 4 is 17.5 Å². The molecule has 0 amide bonds. The topological polar surface area (TPSA) is 95.1 Å². The average molecular weight is 245 g/mol. The van der Waals surface area contributed by atoms with E-state index in [1.807, 2.05) is 31.2 Å². The van der Waals surface area contributed by atoms with Crippen LogP contribution in [0.4, 0.5) is 11.5 Å². The van der Waals surface area contributed by atoms with Crippen LogP contribution >= 0.6 is 0 Å². The number of aryl methyl sites for hydroxylation is 1. The molecule has 0 aliphatic carbocycles. The van der Waals surface area contributed by atoms with Crippen molar-refractivity contribution in [1.29, 1.82) is 0 Å². The zero-order valence-corrected chi connectivity index (χ0v) is 9.60. The molecule has 0 aliphatic rings. The second-order valence-corrected chi connectivity index (χ2v) is 3.80. The molecule has 3 N–H and O–H groups in total. The SMILES string of the molecule is Cc1cccc(Nc2cc(C(=O)O)c(=O)[nH]n2)c1. The molecule has 0 saturated heterocycles. The number of hydrogen-bond acceptors (Lipinski definition) is 4. The monoisotopic (exact) mass is 245 g/mol. The van der Waals surface area contributed by atoms with Gasteiger partial charge in [0.05, 0.1) is 0 Å². The molecular weight excluding hydrogens is 234 g/mol. The summed E-state index contributed by atoms with van der Waals surface area (Å²) in [6.07, 6.45) is 0. The number of carboxylic acids is 1. The predicted molar refractivity (Wildman–Crippen MR) is 66.3 cm³/mol. The molecule has 0 atom stereocenters. The standard InChI is InChI=1S/C12H11N3O3/c1-7-3-2-4-8(5-7)13-10-6-9(12(17)18)11(16)15-14-10/h2-6H,1H3,(H,13,14)(H,15,16)(H,17,18). The minimum absolute atomic E-state index is 0.276. The summed E-state index contributed by atoms with van der Waals surface area (Å²) in [5.74, 6) is -1.01. The molecule has 0 aliphatic heterocycles. The van der Waals surface area contributed by atoms with Gasteiger partial charge in [-0.2, -0.15) is 5.10 Å². The van der Waals surface area contributed by atoms with E-state index in [9.17, 15) is 9.59 Å². The summed E-state index contributed by atoms with van der Waals surface area (Å²) in [6.45, 7) is 1.94. The Hall–Kier alpha value is -2.63. The Morgan fingerprint density at radius 1 is 1.39 bits per heavy atom. The third kappa shape index (κ3) is 2.54. The number of aromatic carboxylic acids is 1. The van der Waals surface area contributed by atoms with Crippen molar-refractivity contribution in [3.63, 3.8) is 0 Å². The van der Waals surface area contributed by atoms with Crippen LogP contribution in [0.5, 0.6) is 0 Å². The predicted octanol–water partition coefficient (Wildman–Crippen LogP) is 1.52. The lowest BCUT2D eigenvalue weighted by Gasteiger charge is -2.06. The number of H-pyrrole nitrogens is 1. The highest BCUT2D eigenvalue weighted by Crippen LogP contribution is 2.14. The van der Waals surface area contributed by atoms with Crippen molar-refractivity contribution in [2.24, 2.45) is 0 Å². The summed E-state index contributed by atoms with van der Waals surface area (Å²) < 4.78 is 0. The third-order valence-electron chi connectivity index (χ3n) is 2.32. The minimum atomic E-state index is -1.29. The molecule has 1 aromatic carbocycles. The smallest absolute Gasteiger partial charge is 0.341 e. The number of rotatable bonds is 3. The van der Waals surface area contributed by atoms with Crippen LogP contribution in [0.25, 0.3) is 0 Å². The van der Waals surface area contributed by atoms with E-state index in [0.717, 1.165) is 11.3 Å². The van der Waals surface area contributed by atoms with E-state index in [2.05, 4.69) is 15.5 Å². The van der Waals surface area contributed by atoms with Gasteiger partial charge in [-0.05, 0) is 24.6 Å². The first-order chi connectivity index (χ1) is 8.56. The van der Waals surface area contributed by atoms with E-state index >= 15 is 0 Å². The van der Waals surface area contributed by atoms with Crippen LogP contribution in [0, 0.1) is 6.92 Å². The Kier molecular flexibility index (Phi) is 3.09. The number of carbonyl (C=O) groups is 1.